The van der Waals surface area contributed by atoms with Gasteiger partial charge < -0.3 is 0 Å². The second kappa shape index (κ2) is 12.1. The van der Waals surface area contributed by atoms with Crippen molar-refractivity contribution in [2.24, 2.45) is 0 Å². The molecule has 4 unspecified atom stereocenters. The third-order valence-corrected chi connectivity index (χ3v) is 16.0. The second-order valence-corrected chi connectivity index (χ2v) is 18.6. The van der Waals surface area contributed by atoms with Crippen molar-refractivity contribution < 1.29 is 36.6 Å². The van der Waals surface area contributed by atoms with E-state index < -0.39 is 17.6 Å². The molecule has 6 aromatic carbocycles. The van der Waals surface area contributed by atoms with Gasteiger partial charge in [-0.1, -0.05) is 0 Å². The van der Waals surface area contributed by atoms with Gasteiger partial charge in [0.2, 0.25) is 0 Å². The molecule has 8 aliphatic rings. The molecule has 4 fully saturated rings. The van der Waals surface area contributed by atoms with E-state index in [0.29, 0.717) is 26.4 Å². The van der Waals surface area contributed by atoms with E-state index in [4.69, 9.17) is 18.9 Å². The first-order chi connectivity index (χ1) is 29.2. The number of nitrogens with zero attached hydrogens (tertiary/aromatic N) is 4. The average molecular weight is 950 g/mol. The molecule has 6 bridgehead atoms. The molecule has 0 amide bonds. The molecule has 6 aromatic rings. The molecule has 0 spiro atoms. The van der Waals surface area contributed by atoms with Gasteiger partial charge in [-0.2, -0.15) is 0 Å². The van der Waals surface area contributed by atoms with E-state index >= 15 is 0 Å². The Hall–Kier alpha value is -6.37. The van der Waals surface area contributed by atoms with E-state index in [1.165, 1.54) is 41.7 Å². The van der Waals surface area contributed by atoms with Gasteiger partial charge in [-0.25, -0.2) is 0 Å². The average Bonchev–Trinajstić information content (AvgIpc) is 4.15. The topological polar surface area (TPSA) is 49.9 Å². The summed E-state index contributed by atoms with van der Waals surface area (Å²) >= 11 is -0.854. The van der Waals surface area contributed by atoms with Crippen molar-refractivity contribution in [3.05, 3.63) is 191 Å². The minimum absolute atomic E-state index is 0.0788. The van der Waals surface area contributed by atoms with Crippen molar-refractivity contribution in [1.82, 2.24) is 19.6 Å². The van der Waals surface area contributed by atoms with Crippen LogP contribution in [0.2, 0.25) is 0 Å². The van der Waals surface area contributed by atoms with Crippen LogP contribution in [-0.2, 0) is 36.6 Å². The van der Waals surface area contributed by atoms with Gasteiger partial charge in [-0.05, 0) is 0 Å². The predicted octanol–water partition coefficient (Wildman–Crippen LogP) is 8.71. The molecule has 0 N–H and O–H groups in total. The van der Waals surface area contributed by atoms with E-state index in [1.54, 1.807) is 0 Å². The van der Waals surface area contributed by atoms with E-state index in [1.807, 2.05) is 0 Å². The van der Waals surface area contributed by atoms with Crippen LogP contribution in [0, 0.1) is 12.1 Å². The van der Waals surface area contributed by atoms with Gasteiger partial charge in [0, 0.05) is 0 Å². The summed E-state index contributed by atoms with van der Waals surface area (Å²) in [6.07, 6.45) is 0. The molecular weight excluding hydrogens is 916 g/mol. The summed E-state index contributed by atoms with van der Waals surface area (Å²) in [6, 6.07) is 55.8. The van der Waals surface area contributed by atoms with Gasteiger partial charge >= 0.3 is 351 Å². The van der Waals surface area contributed by atoms with Crippen molar-refractivity contribution in [3.63, 3.8) is 0 Å². The first-order valence-electron chi connectivity index (χ1n) is 20.2. The summed E-state index contributed by atoms with van der Waals surface area (Å²) in [5.74, 6) is 3.22. The Morgan fingerprint density at radius 2 is 0.661 bits per heavy atom. The standard InChI is InChI=1S/C50H34N4O4.Pt/c1-3-11-31(12-4-1)39-15-7-9-17-41(39)33-19-35-23-36(20-33)44-26-56-48-50-54(30-52(44)48)46(28-58-50)38-22-34(42-18-10-8-16-40(42)32-13-5-2-6-14-32)21-37(24-38)45-27-57-49-47-51(29-53(45)49)43(35)25-55-47;/h1-22,43-46H,25-28H2;/q-2;. The molecule has 8 aliphatic heterocycles. The van der Waals surface area contributed by atoms with E-state index in [0.717, 1.165) is 56.9 Å². The maximum absolute atomic E-state index is 6.75. The molecule has 8 nitrogen and oxygen atoms in total. The van der Waals surface area contributed by atoms with Crippen molar-refractivity contribution in [2.75, 3.05) is 26.4 Å². The summed E-state index contributed by atoms with van der Waals surface area (Å²) in [7, 11) is 0. The molecule has 0 aliphatic carbocycles. The van der Waals surface area contributed by atoms with Gasteiger partial charge in [0.1, 0.15) is 0 Å². The summed E-state index contributed by atoms with van der Waals surface area (Å²) < 4.78 is 29.5. The molecule has 4 atom stereocenters. The SMILES string of the molecule is [c-]1c2cc(-c3ccccc3-c3ccccc3)cc1C1COC3=C4OCC5c6[c-]c(cc(-c7ccccc7-c7ccccc7)c6)C6COC7=C8OCC2N8[C](=[Pt]=[C](N31)N45)N76. The monoisotopic (exact) mass is 949 g/mol. The molecule has 9 heteroatoms. The van der Waals surface area contributed by atoms with Crippen molar-refractivity contribution in [2.45, 2.75) is 24.2 Å². The van der Waals surface area contributed by atoms with Gasteiger partial charge in [0.25, 0.3) is 0 Å². The maximum atomic E-state index is 6.75. The summed E-state index contributed by atoms with van der Waals surface area (Å²) in [6.45, 7) is 2.06. The van der Waals surface area contributed by atoms with Crippen LogP contribution in [-0.4, -0.2) is 54.3 Å². The summed E-state index contributed by atoms with van der Waals surface area (Å²) in [5, 5.41) is 0. The number of ether oxygens (including phenoxy) is 4. The van der Waals surface area contributed by atoms with Crippen LogP contribution in [0.5, 0.6) is 0 Å². The number of rotatable bonds is 4. The van der Waals surface area contributed by atoms with Crippen LogP contribution in [0.3, 0.4) is 0 Å². The Kier molecular flexibility index (Phi) is 6.67. The second-order valence-electron chi connectivity index (χ2n) is 16.0. The van der Waals surface area contributed by atoms with Crippen LogP contribution in [0.25, 0.3) is 44.5 Å². The molecule has 290 valence electrons. The van der Waals surface area contributed by atoms with Gasteiger partial charge in [0.05, 0.1) is 0 Å². The number of hydrogen-bond acceptors (Lipinski definition) is 8. The number of benzene rings is 6. The first kappa shape index (κ1) is 32.6. The normalized spacial score (nSPS) is 23.6. The fourth-order valence-electron chi connectivity index (χ4n) is 10.1. The molecule has 14 rings (SSSR count). The Labute approximate surface area is 349 Å². The Bertz CT molecular complexity index is 2660. The molecular formula is C50H34N4O4Pt-2. The molecule has 8 heterocycles. The molecule has 0 radical (unpaired) electrons. The first-order valence-corrected chi connectivity index (χ1v) is 22.5. The zero-order valence-corrected chi connectivity index (χ0v) is 33.8. The molecule has 0 aromatic heterocycles. The summed E-state index contributed by atoms with van der Waals surface area (Å²) in [5.41, 5.74) is 13.9. The molecule has 4 saturated heterocycles. The van der Waals surface area contributed by atoms with Gasteiger partial charge in [-0.15, -0.1) is 0 Å². The third kappa shape index (κ3) is 4.53. The Morgan fingerprint density at radius 3 is 0.983 bits per heavy atom. The van der Waals surface area contributed by atoms with Crippen LogP contribution in [0.1, 0.15) is 46.4 Å². The minimum atomic E-state index is -0.854. The van der Waals surface area contributed by atoms with Crippen LogP contribution in [0.15, 0.2) is 157 Å². The third-order valence-electron chi connectivity index (χ3n) is 12.8. The van der Waals surface area contributed by atoms with Crippen molar-refractivity contribution in [3.8, 4) is 44.5 Å². The molecule has 0 saturated carbocycles. The fourth-order valence-corrected chi connectivity index (χ4v) is 13.9. The summed E-state index contributed by atoms with van der Waals surface area (Å²) in [4.78, 5) is 9.79. The number of hydrogen-bond donors (Lipinski definition) is 0. The zero-order chi connectivity index (χ0) is 38.3. The zero-order valence-electron chi connectivity index (χ0n) is 31.6. The number of fused-ring (bicyclic) bond motifs is 8. The van der Waals surface area contributed by atoms with E-state index in [2.05, 4.69) is 165 Å². The van der Waals surface area contributed by atoms with Gasteiger partial charge in [-0.3, -0.25) is 0 Å². The fraction of sp³-hybridized carbons (Fsp3) is 0.160. The van der Waals surface area contributed by atoms with Gasteiger partial charge in [0.15, 0.2) is 0 Å². The van der Waals surface area contributed by atoms with Crippen molar-refractivity contribution >= 4 is 8.29 Å². The van der Waals surface area contributed by atoms with Crippen LogP contribution in [0.4, 0.5) is 0 Å². The van der Waals surface area contributed by atoms with Crippen LogP contribution < -0.4 is 0 Å². The predicted molar refractivity (Wildman–Crippen MR) is 218 cm³/mol. The Balaban J connectivity index is 0.991. The molecule has 59 heavy (non-hydrogen) atoms. The van der Waals surface area contributed by atoms with Crippen LogP contribution >= 0.6 is 0 Å². The quantitative estimate of drug-likeness (QED) is 0.163. The van der Waals surface area contributed by atoms with E-state index in [-0.39, 0.29) is 24.2 Å². The Morgan fingerprint density at radius 1 is 0.373 bits per heavy atom. The van der Waals surface area contributed by atoms with E-state index in [9.17, 15) is 0 Å². The van der Waals surface area contributed by atoms with Crippen molar-refractivity contribution in [1.29, 1.82) is 0 Å².